The first-order chi connectivity index (χ1) is 6.11. The van der Waals surface area contributed by atoms with Gasteiger partial charge in [0.1, 0.15) is 0 Å². The fourth-order valence-corrected chi connectivity index (χ4v) is 2.56. The van der Waals surface area contributed by atoms with Crippen LogP contribution in [0.3, 0.4) is 0 Å². The molecule has 76 valence electrons. The van der Waals surface area contributed by atoms with Gasteiger partial charge in [0, 0.05) is 5.92 Å². The summed E-state index contributed by atoms with van der Waals surface area (Å²) in [6, 6.07) is 0. The normalized spacial score (nSPS) is 51.5. The first-order valence-electron chi connectivity index (χ1n) is 5.15. The van der Waals surface area contributed by atoms with Crippen LogP contribution in [0, 0.1) is 5.92 Å². The average Bonchev–Trinajstić information content (AvgIpc) is 2.36. The van der Waals surface area contributed by atoms with Crippen molar-refractivity contribution >= 4 is 0 Å². The minimum atomic E-state index is -0.588. The van der Waals surface area contributed by atoms with Crippen LogP contribution in [0.25, 0.3) is 0 Å². The lowest BCUT2D eigenvalue weighted by Crippen LogP contribution is -2.35. The Kier molecular flexibility index (Phi) is 2.34. The van der Waals surface area contributed by atoms with E-state index in [9.17, 15) is 10.2 Å². The van der Waals surface area contributed by atoms with E-state index in [0.29, 0.717) is 0 Å². The Morgan fingerprint density at radius 3 is 2.31 bits per heavy atom. The number of rotatable bonds is 0. The molecule has 3 nitrogen and oxygen atoms in total. The van der Waals surface area contributed by atoms with Crippen LogP contribution in [0.15, 0.2) is 0 Å². The number of aliphatic hydroxyl groups excluding tert-OH is 2. The third kappa shape index (κ3) is 1.73. The zero-order valence-electron chi connectivity index (χ0n) is 8.07. The molecule has 1 saturated heterocycles. The molecule has 0 aromatic heterocycles. The molecule has 2 unspecified atom stereocenters. The largest absolute Gasteiger partial charge is 0.393 e. The number of hydrogen-bond acceptors (Lipinski definition) is 3. The molecular weight excluding hydrogens is 168 g/mol. The van der Waals surface area contributed by atoms with E-state index in [2.05, 4.69) is 0 Å². The van der Waals surface area contributed by atoms with Crippen molar-refractivity contribution in [1.82, 2.24) is 0 Å². The molecule has 3 heteroatoms. The monoisotopic (exact) mass is 186 g/mol. The maximum absolute atomic E-state index is 9.50. The van der Waals surface area contributed by atoms with E-state index >= 15 is 0 Å². The van der Waals surface area contributed by atoms with Crippen LogP contribution < -0.4 is 0 Å². The summed E-state index contributed by atoms with van der Waals surface area (Å²) in [4.78, 5) is 0. The van der Waals surface area contributed by atoms with Gasteiger partial charge in [-0.25, -0.2) is 0 Å². The Morgan fingerprint density at radius 1 is 1.23 bits per heavy atom. The lowest BCUT2D eigenvalue weighted by Gasteiger charge is -2.34. The molecule has 1 spiro atoms. The van der Waals surface area contributed by atoms with Crippen molar-refractivity contribution in [3.8, 4) is 0 Å². The molecule has 0 aromatic rings. The van der Waals surface area contributed by atoms with Crippen molar-refractivity contribution in [2.75, 3.05) is 0 Å². The van der Waals surface area contributed by atoms with Gasteiger partial charge in [0.05, 0.1) is 11.7 Å². The van der Waals surface area contributed by atoms with Gasteiger partial charge in [-0.2, -0.15) is 0 Å². The van der Waals surface area contributed by atoms with Crippen LogP contribution in [-0.4, -0.2) is 28.2 Å². The predicted octanol–water partition coefficient (Wildman–Crippen LogP) is 1.03. The summed E-state index contributed by atoms with van der Waals surface area (Å²) in [6.45, 7) is 2.02. The van der Waals surface area contributed by atoms with Crippen molar-refractivity contribution in [2.24, 2.45) is 5.92 Å². The Labute approximate surface area is 78.7 Å². The van der Waals surface area contributed by atoms with Crippen molar-refractivity contribution < 1.29 is 14.9 Å². The van der Waals surface area contributed by atoms with Crippen molar-refractivity contribution in [1.29, 1.82) is 0 Å². The minimum absolute atomic E-state index is 0.113. The van der Waals surface area contributed by atoms with E-state index in [1.54, 1.807) is 0 Å². The maximum atomic E-state index is 9.50. The number of hydrogen-bond donors (Lipinski definition) is 2. The van der Waals surface area contributed by atoms with E-state index in [1.807, 2.05) is 6.92 Å². The van der Waals surface area contributed by atoms with Gasteiger partial charge in [0.25, 0.3) is 0 Å². The molecule has 0 aromatic carbocycles. The second kappa shape index (κ2) is 3.23. The van der Waals surface area contributed by atoms with Crippen LogP contribution in [0.2, 0.25) is 0 Å². The van der Waals surface area contributed by atoms with Gasteiger partial charge >= 0.3 is 0 Å². The molecule has 2 fully saturated rings. The zero-order chi connectivity index (χ0) is 9.47. The summed E-state index contributed by atoms with van der Waals surface area (Å²) in [5, 5.41) is 18.9. The third-order valence-corrected chi connectivity index (χ3v) is 3.42. The Hall–Kier alpha value is -0.120. The fraction of sp³-hybridized carbons (Fsp3) is 1.00. The second-order valence-electron chi connectivity index (χ2n) is 4.60. The molecule has 0 radical (unpaired) electrons. The molecule has 1 aliphatic heterocycles. The lowest BCUT2D eigenvalue weighted by atomic mass is 9.80. The molecule has 2 aliphatic rings. The highest BCUT2D eigenvalue weighted by Gasteiger charge is 2.45. The molecule has 2 rings (SSSR count). The van der Waals surface area contributed by atoms with E-state index in [4.69, 9.17) is 4.74 Å². The Morgan fingerprint density at radius 2 is 1.85 bits per heavy atom. The first kappa shape index (κ1) is 9.44. The third-order valence-electron chi connectivity index (χ3n) is 3.42. The van der Waals surface area contributed by atoms with Crippen LogP contribution in [0.4, 0.5) is 0 Å². The van der Waals surface area contributed by atoms with Gasteiger partial charge in [0.2, 0.25) is 0 Å². The topological polar surface area (TPSA) is 49.7 Å². The standard InChI is InChI=1S/C10H18O3/c1-7-6-10(13-9(7)12)4-2-8(11)3-5-10/h7-9,11-12H,2-6H2,1H3. The molecule has 0 amide bonds. The van der Waals surface area contributed by atoms with Crippen LogP contribution >= 0.6 is 0 Å². The average molecular weight is 186 g/mol. The van der Waals surface area contributed by atoms with Gasteiger partial charge in [-0.3, -0.25) is 0 Å². The van der Waals surface area contributed by atoms with Crippen molar-refractivity contribution in [2.45, 2.75) is 57.0 Å². The van der Waals surface area contributed by atoms with E-state index in [1.165, 1.54) is 0 Å². The minimum Gasteiger partial charge on any atom is -0.393 e. The second-order valence-corrected chi connectivity index (χ2v) is 4.60. The molecule has 1 aliphatic carbocycles. The molecule has 2 N–H and O–H groups in total. The van der Waals surface area contributed by atoms with Crippen molar-refractivity contribution in [3.05, 3.63) is 0 Å². The quantitative estimate of drug-likeness (QED) is 0.594. The maximum Gasteiger partial charge on any atom is 0.157 e. The van der Waals surface area contributed by atoms with E-state index in [-0.39, 0.29) is 17.6 Å². The van der Waals surface area contributed by atoms with E-state index < -0.39 is 6.29 Å². The summed E-state index contributed by atoms with van der Waals surface area (Å²) >= 11 is 0. The lowest BCUT2D eigenvalue weighted by molar-refractivity contribution is -0.162. The van der Waals surface area contributed by atoms with Crippen LogP contribution in [0.5, 0.6) is 0 Å². The van der Waals surface area contributed by atoms with Crippen molar-refractivity contribution in [3.63, 3.8) is 0 Å². The Bertz CT molecular complexity index is 173. The number of ether oxygens (including phenoxy) is 1. The van der Waals surface area contributed by atoms with Gasteiger partial charge in [0.15, 0.2) is 6.29 Å². The smallest absolute Gasteiger partial charge is 0.157 e. The van der Waals surface area contributed by atoms with Gasteiger partial charge in [-0.05, 0) is 32.1 Å². The number of aliphatic hydroxyl groups is 2. The summed E-state index contributed by atoms with van der Waals surface area (Å²) in [7, 11) is 0. The zero-order valence-corrected chi connectivity index (χ0v) is 8.07. The highest BCUT2D eigenvalue weighted by Crippen LogP contribution is 2.43. The fourth-order valence-electron chi connectivity index (χ4n) is 2.56. The Balaban J connectivity index is 1.99. The molecule has 13 heavy (non-hydrogen) atoms. The van der Waals surface area contributed by atoms with Gasteiger partial charge in [-0.15, -0.1) is 0 Å². The molecule has 2 atom stereocenters. The summed E-state index contributed by atoms with van der Waals surface area (Å²) in [6.07, 6.45) is 3.64. The molecule has 1 heterocycles. The molecular formula is C10H18O3. The van der Waals surface area contributed by atoms with Crippen LogP contribution in [-0.2, 0) is 4.74 Å². The SMILES string of the molecule is CC1CC2(CCC(O)CC2)OC1O. The highest BCUT2D eigenvalue weighted by atomic mass is 16.6. The predicted molar refractivity (Wildman–Crippen MR) is 48.1 cm³/mol. The summed E-state index contributed by atoms with van der Waals surface area (Å²) < 4.78 is 5.59. The van der Waals surface area contributed by atoms with Gasteiger partial charge < -0.3 is 14.9 Å². The molecule has 0 bridgehead atoms. The summed E-state index contributed by atoms with van der Waals surface area (Å²) in [5.74, 6) is 0.246. The first-order valence-corrected chi connectivity index (χ1v) is 5.15. The summed E-state index contributed by atoms with van der Waals surface area (Å²) in [5.41, 5.74) is -0.113. The van der Waals surface area contributed by atoms with E-state index in [0.717, 1.165) is 32.1 Å². The highest BCUT2D eigenvalue weighted by molar-refractivity contribution is 4.93. The molecule has 1 saturated carbocycles. The van der Waals surface area contributed by atoms with Crippen LogP contribution in [0.1, 0.15) is 39.0 Å². The van der Waals surface area contributed by atoms with Gasteiger partial charge in [-0.1, -0.05) is 6.92 Å².